The Balaban J connectivity index is 0.00000146. The van der Waals surface area contributed by atoms with Gasteiger partial charge < -0.3 is 32.4 Å². The molecule has 0 radical (unpaired) electrons. The van der Waals surface area contributed by atoms with E-state index < -0.39 is 23.8 Å². The van der Waals surface area contributed by atoms with Gasteiger partial charge in [-0.25, -0.2) is 0 Å². The summed E-state index contributed by atoms with van der Waals surface area (Å²) >= 11 is 0. The Morgan fingerprint density at radius 3 is 2.19 bits per heavy atom. The molecule has 1 aromatic carbocycles. The van der Waals surface area contributed by atoms with Crippen LogP contribution in [0.4, 0.5) is 0 Å². The second kappa shape index (κ2) is 11.6. The maximum atomic E-state index is 12.4. The minimum absolute atomic E-state index is 0.255. The maximum Gasteiger partial charge on any atom is 0.268 e. The van der Waals surface area contributed by atoms with Crippen LogP contribution in [0.5, 0.6) is 0 Å². The predicted molar refractivity (Wildman–Crippen MR) is 102 cm³/mol. The van der Waals surface area contributed by atoms with E-state index in [9.17, 15) is 14.4 Å². The van der Waals surface area contributed by atoms with Crippen LogP contribution in [0.2, 0.25) is 0 Å². The zero-order valence-corrected chi connectivity index (χ0v) is 15.6. The molecule has 3 amide bonds. The van der Waals surface area contributed by atoms with Gasteiger partial charge in [0.05, 0.1) is 6.42 Å². The molecule has 0 bridgehead atoms. The quantitative estimate of drug-likeness (QED) is 0.462. The van der Waals surface area contributed by atoms with Crippen LogP contribution in [0.1, 0.15) is 16.9 Å². The van der Waals surface area contributed by atoms with Crippen molar-refractivity contribution < 1.29 is 14.4 Å². The fourth-order valence-corrected chi connectivity index (χ4v) is 2.32. The molecule has 8 N–H and O–H groups in total. The van der Waals surface area contributed by atoms with E-state index in [1.165, 1.54) is 21.1 Å². The van der Waals surface area contributed by atoms with E-state index >= 15 is 0 Å². The Morgan fingerprint density at radius 2 is 1.69 bits per heavy atom. The smallest absolute Gasteiger partial charge is 0.268 e. The van der Waals surface area contributed by atoms with E-state index in [1.54, 1.807) is 17.7 Å². The molecule has 0 aliphatic carbocycles. The summed E-state index contributed by atoms with van der Waals surface area (Å²) in [5, 5.41) is 5.86. The molecule has 1 aromatic heterocycles. The molecule has 26 heavy (non-hydrogen) atoms. The average molecular weight is 364 g/mol. The number of primary amides is 1. The number of nitrogens with zero attached hydrogens (tertiary/aromatic N) is 1. The number of para-hydroxylation sites is 1. The van der Waals surface area contributed by atoms with Crippen LogP contribution >= 0.6 is 0 Å². The molecule has 1 atom stereocenters. The third-order valence-electron chi connectivity index (χ3n) is 3.46. The molecule has 1 heterocycles. The first-order chi connectivity index (χ1) is 12.4. The zero-order valence-electron chi connectivity index (χ0n) is 15.6. The fraction of sp³-hybridized carbons (Fsp3) is 0.353. The van der Waals surface area contributed by atoms with Crippen molar-refractivity contribution in [1.29, 1.82) is 0 Å². The molecule has 0 unspecified atom stereocenters. The first-order valence-corrected chi connectivity index (χ1v) is 7.94. The van der Waals surface area contributed by atoms with Crippen LogP contribution in [0.15, 0.2) is 30.3 Å². The highest BCUT2D eigenvalue weighted by atomic mass is 16.2. The number of aromatic nitrogens is 1. The molecular formula is C17H28N6O3. The molecule has 0 spiro atoms. The molecule has 9 heteroatoms. The molecule has 2 rings (SSSR count). The normalized spacial score (nSPS) is 10.5. The number of nitrogens with two attached hydrogens (primary N) is 3. The van der Waals surface area contributed by atoms with Crippen molar-refractivity contribution in [2.75, 3.05) is 21.1 Å². The number of hydrogen-bond acceptors (Lipinski definition) is 5. The highest BCUT2D eigenvalue weighted by molar-refractivity contribution is 6.01. The summed E-state index contributed by atoms with van der Waals surface area (Å²) in [5.74, 6) is -1.56. The second-order valence-electron chi connectivity index (χ2n) is 4.96. The van der Waals surface area contributed by atoms with E-state index in [4.69, 9.17) is 5.73 Å². The van der Waals surface area contributed by atoms with E-state index in [-0.39, 0.29) is 6.42 Å². The van der Waals surface area contributed by atoms with Gasteiger partial charge in [-0.05, 0) is 26.2 Å². The van der Waals surface area contributed by atoms with Crippen molar-refractivity contribution in [2.24, 2.45) is 24.2 Å². The number of likely N-dealkylation sites (N-methyl/N-ethyl adjacent to an activating group) is 1. The lowest BCUT2D eigenvalue weighted by atomic mass is 10.1. The van der Waals surface area contributed by atoms with Gasteiger partial charge >= 0.3 is 0 Å². The van der Waals surface area contributed by atoms with Crippen molar-refractivity contribution in [3.63, 3.8) is 0 Å². The Morgan fingerprint density at radius 1 is 1.12 bits per heavy atom. The number of aryl methyl sites for hydroxylation is 1. The fourth-order valence-electron chi connectivity index (χ4n) is 2.32. The molecule has 2 aromatic rings. The van der Waals surface area contributed by atoms with Crippen molar-refractivity contribution in [3.05, 3.63) is 36.0 Å². The molecular weight excluding hydrogens is 336 g/mol. The van der Waals surface area contributed by atoms with Crippen LogP contribution < -0.4 is 27.8 Å². The summed E-state index contributed by atoms with van der Waals surface area (Å²) < 4.78 is 1.73. The van der Waals surface area contributed by atoms with Gasteiger partial charge in [-0.15, -0.1) is 0 Å². The van der Waals surface area contributed by atoms with Crippen molar-refractivity contribution in [2.45, 2.75) is 12.5 Å². The van der Waals surface area contributed by atoms with Gasteiger partial charge in [0, 0.05) is 25.0 Å². The highest BCUT2D eigenvalue weighted by Gasteiger charge is 2.24. The maximum absolute atomic E-state index is 12.4. The van der Waals surface area contributed by atoms with Crippen LogP contribution in [0.25, 0.3) is 10.9 Å². The van der Waals surface area contributed by atoms with Crippen LogP contribution in [0, 0.1) is 0 Å². The topological polar surface area (TPSA) is 158 Å². The first-order valence-electron chi connectivity index (χ1n) is 7.94. The van der Waals surface area contributed by atoms with Crippen molar-refractivity contribution in [1.82, 2.24) is 15.2 Å². The number of rotatable bonds is 5. The third-order valence-corrected chi connectivity index (χ3v) is 3.46. The SMILES string of the molecule is CN.CN.CNC(=O)[C@H](CC(N)=O)NC(=O)c1cc2ccccc2n1C. The zero-order chi connectivity index (χ0) is 20.3. The summed E-state index contributed by atoms with van der Waals surface area (Å²) in [7, 11) is 6.19. The highest BCUT2D eigenvalue weighted by Crippen LogP contribution is 2.18. The largest absolute Gasteiger partial charge is 0.370 e. The van der Waals surface area contributed by atoms with Gasteiger partial charge in [0.1, 0.15) is 11.7 Å². The number of nitrogens with one attached hydrogen (secondary N) is 2. The molecule has 0 aliphatic heterocycles. The number of carbonyl (C=O) groups excluding carboxylic acids is 3. The van der Waals surface area contributed by atoms with Gasteiger partial charge in [-0.3, -0.25) is 14.4 Å². The molecule has 0 saturated heterocycles. The van der Waals surface area contributed by atoms with E-state index in [1.807, 2.05) is 24.3 Å². The number of fused-ring (bicyclic) bond motifs is 1. The predicted octanol–water partition coefficient (Wildman–Crippen LogP) is -0.952. The number of hydrogen-bond donors (Lipinski definition) is 5. The van der Waals surface area contributed by atoms with Crippen LogP contribution in [0.3, 0.4) is 0 Å². The Kier molecular flexibility index (Phi) is 10.3. The molecule has 0 saturated carbocycles. The first kappa shape index (κ1) is 23.1. The summed E-state index contributed by atoms with van der Waals surface area (Å²) in [6.45, 7) is 0. The minimum Gasteiger partial charge on any atom is -0.370 e. The standard InChI is InChI=1S/C15H18N4O3.2CH5N/c1-17-14(21)10(8-13(16)20)18-15(22)12-7-9-5-3-4-6-11(9)19(12)2;2*1-2/h3-7,10H,8H2,1-2H3,(H2,16,20)(H,17,21)(H,18,22);2*2H2,1H3/t10-;;/m0../s1. The summed E-state index contributed by atoms with van der Waals surface area (Å²) in [6, 6.07) is 8.29. The molecule has 0 aliphatic rings. The Hall–Kier alpha value is -2.91. The summed E-state index contributed by atoms with van der Waals surface area (Å²) in [5.41, 5.74) is 15.4. The third kappa shape index (κ3) is 5.87. The Labute approximate surface area is 152 Å². The van der Waals surface area contributed by atoms with Crippen LogP contribution in [-0.4, -0.2) is 49.5 Å². The summed E-state index contributed by atoms with van der Waals surface area (Å²) in [6.07, 6.45) is -0.255. The van der Waals surface area contributed by atoms with Gasteiger partial charge in [0.15, 0.2) is 0 Å². The van der Waals surface area contributed by atoms with E-state index in [0.717, 1.165) is 10.9 Å². The number of carbonyl (C=O) groups is 3. The number of amides is 3. The van der Waals surface area contributed by atoms with E-state index in [0.29, 0.717) is 5.69 Å². The average Bonchev–Trinajstić information content (AvgIpc) is 3.00. The minimum atomic E-state index is -0.993. The monoisotopic (exact) mass is 364 g/mol. The van der Waals surface area contributed by atoms with Crippen molar-refractivity contribution >= 4 is 28.6 Å². The lowest BCUT2D eigenvalue weighted by Crippen LogP contribution is -2.48. The van der Waals surface area contributed by atoms with E-state index in [2.05, 4.69) is 22.1 Å². The second-order valence-corrected chi connectivity index (χ2v) is 4.96. The summed E-state index contributed by atoms with van der Waals surface area (Å²) in [4.78, 5) is 35.2. The van der Waals surface area contributed by atoms with Gasteiger partial charge in [-0.1, -0.05) is 18.2 Å². The van der Waals surface area contributed by atoms with Gasteiger partial charge in [0.25, 0.3) is 5.91 Å². The van der Waals surface area contributed by atoms with Gasteiger partial charge in [0.2, 0.25) is 11.8 Å². The van der Waals surface area contributed by atoms with Crippen molar-refractivity contribution in [3.8, 4) is 0 Å². The van der Waals surface area contributed by atoms with Crippen LogP contribution in [-0.2, 0) is 16.6 Å². The number of benzene rings is 1. The lowest BCUT2D eigenvalue weighted by Gasteiger charge is -2.16. The lowest BCUT2D eigenvalue weighted by molar-refractivity contribution is -0.126. The molecule has 9 nitrogen and oxygen atoms in total. The molecule has 0 fully saturated rings. The molecule has 144 valence electrons. The van der Waals surface area contributed by atoms with Gasteiger partial charge in [-0.2, -0.15) is 0 Å². The Bertz CT molecular complexity index is 741.